The Bertz CT molecular complexity index is 746. The van der Waals surface area contributed by atoms with E-state index in [-0.39, 0.29) is 29.9 Å². The molecular weight excluding hydrogens is 457 g/mol. The lowest BCUT2D eigenvalue weighted by atomic mass is 9.95. The fourth-order valence-corrected chi connectivity index (χ4v) is 3.29. The molecule has 0 aliphatic carbocycles. The number of piperidine rings is 1. The molecule has 1 saturated heterocycles. The van der Waals surface area contributed by atoms with Crippen LogP contribution in [0.1, 0.15) is 24.8 Å². The summed E-state index contributed by atoms with van der Waals surface area (Å²) in [5, 5.41) is 3.38. The van der Waals surface area contributed by atoms with Gasteiger partial charge in [-0.05, 0) is 30.4 Å². The Morgan fingerprint density at radius 1 is 1.44 bits per heavy atom. The monoisotopic (exact) mass is 483 g/mol. The normalized spacial score (nSPS) is 17.3. The molecule has 27 heavy (non-hydrogen) atoms. The van der Waals surface area contributed by atoms with E-state index >= 15 is 0 Å². The molecular formula is C18H26IN7O. The summed E-state index contributed by atoms with van der Waals surface area (Å²) in [6.45, 7) is 2.38. The van der Waals surface area contributed by atoms with Gasteiger partial charge in [0.15, 0.2) is 5.96 Å². The highest BCUT2D eigenvalue weighted by atomic mass is 127. The van der Waals surface area contributed by atoms with Crippen molar-refractivity contribution in [2.24, 2.45) is 16.6 Å². The van der Waals surface area contributed by atoms with Crippen LogP contribution in [0.2, 0.25) is 0 Å². The second-order valence-corrected chi connectivity index (χ2v) is 6.52. The van der Waals surface area contributed by atoms with Gasteiger partial charge < -0.3 is 16.0 Å². The number of aliphatic imine (C=N–C) groups is 1. The van der Waals surface area contributed by atoms with Crippen molar-refractivity contribution < 1.29 is 4.79 Å². The fourth-order valence-electron chi connectivity index (χ4n) is 3.29. The molecule has 0 aromatic carbocycles. The minimum absolute atomic E-state index is 0. The fraction of sp³-hybridized carbons (Fsp3) is 0.444. The summed E-state index contributed by atoms with van der Waals surface area (Å²) in [4.78, 5) is 26.3. The van der Waals surface area contributed by atoms with E-state index in [0.29, 0.717) is 18.9 Å². The van der Waals surface area contributed by atoms with Crippen LogP contribution in [0.5, 0.6) is 0 Å². The van der Waals surface area contributed by atoms with E-state index in [0.717, 1.165) is 43.3 Å². The van der Waals surface area contributed by atoms with Gasteiger partial charge >= 0.3 is 0 Å². The Balaban J connectivity index is 0.00000261. The van der Waals surface area contributed by atoms with Crippen molar-refractivity contribution >= 4 is 35.8 Å². The van der Waals surface area contributed by atoms with Gasteiger partial charge in [0, 0.05) is 51.7 Å². The molecule has 0 radical (unpaired) electrons. The molecule has 3 N–H and O–H groups in total. The Labute approximate surface area is 176 Å². The summed E-state index contributed by atoms with van der Waals surface area (Å²) in [5.41, 5.74) is 6.41. The molecule has 8 nitrogen and oxygen atoms in total. The van der Waals surface area contributed by atoms with Gasteiger partial charge in [-0.25, -0.2) is 9.97 Å². The second-order valence-electron chi connectivity index (χ2n) is 6.52. The zero-order valence-electron chi connectivity index (χ0n) is 15.4. The molecule has 1 unspecified atom stereocenters. The number of likely N-dealkylation sites (tertiary alicyclic amines) is 1. The third-order valence-corrected chi connectivity index (χ3v) is 4.55. The maximum Gasteiger partial charge on any atom is 0.217 e. The van der Waals surface area contributed by atoms with Crippen LogP contribution in [0.25, 0.3) is 5.82 Å². The number of imidazole rings is 1. The topological polar surface area (TPSA) is 101 Å². The van der Waals surface area contributed by atoms with Crippen LogP contribution in [0, 0.1) is 5.92 Å². The van der Waals surface area contributed by atoms with E-state index in [2.05, 4.69) is 25.2 Å². The number of guanidine groups is 1. The number of carbonyl (C=O) groups is 1. The van der Waals surface area contributed by atoms with Gasteiger partial charge in [-0.1, -0.05) is 6.07 Å². The second kappa shape index (κ2) is 10.2. The summed E-state index contributed by atoms with van der Waals surface area (Å²) >= 11 is 0. The number of nitrogens with zero attached hydrogens (tertiary/aromatic N) is 5. The van der Waals surface area contributed by atoms with Crippen molar-refractivity contribution in [2.75, 3.05) is 20.1 Å². The lowest BCUT2D eigenvalue weighted by Crippen LogP contribution is -2.46. The summed E-state index contributed by atoms with van der Waals surface area (Å²) in [6.07, 6.45) is 9.68. The number of rotatable bonds is 5. The van der Waals surface area contributed by atoms with Crippen LogP contribution < -0.4 is 11.1 Å². The van der Waals surface area contributed by atoms with Gasteiger partial charge in [0.05, 0.1) is 0 Å². The summed E-state index contributed by atoms with van der Waals surface area (Å²) < 4.78 is 1.86. The van der Waals surface area contributed by atoms with Crippen LogP contribution in [-0.2, 0) is 11.3 Å². The first-order valence-electron chi connectivity index (χ1n) is 8.83. The van der Waals surface area contributed by atoms with E-state index in [9.17, 15) is 4.79 Å². The molecule has 3 rings (SSSR count). The van der Waals surface area contributed by atoms with Crippen LogP contribution in [0.15, 0.2) is 42.0 Å². The van der Waals surface area contributed by atoms with Crippen LogP contribution >= 0.6 is 24.0 Å². The van der Waals surface area contributed by atoms with E-state index < -0.39 is 0 Å². The molecule has 1 atom stereocenters. The number of aromatic nitrogens is 3. The smallest absolute Gasteiger partial charge is 0.217 e. The lowest BCUT2D eigenvalue weighted by molar-refractivity contribution is -0.119. The molecule has 146 valence electrons. The number of pyridine rings is 1. The van der Waals surface area contributed by atoms with Crippen molar-refractivity contribution in [3.8, 4) is 5.82 Å². The number of carbonyl (C=O) groups excluding carboxylic acids is 1. The number of primary amides is 1. The summed E-state index contributed by atoms with van der Waals surface area (Å²) in [6, 6.07) is 4.00. The van der Waals surface area contributed by atoms with E-state index in [4.69, 9.17) is 5.73 Å². The van der Waals surface area contributed by atoms with E-state index in [1.807, 2.05) is 29.1 Å². The number of hydrogen-bond donors (Lipinski definition) is 2. The number of amides is 1. The Morgan fingerprint density at radius 2 is 2.30 bits per heavy atom. The Hall–Kier alpha value is -2.17. The zero-order valence-corrected chi connectivity index (χ0v) is 17.7. The third-order valence-electron chi connectivity index (χ3n) is 4.55. The molecule has 2 aromatic rings. The molecule has 9 heteroatoms. The minimum atomic E-state index is -0.233. The Kier molecular flexibility index (Phi) is 8.01. The van der Waals surface area contributed by atoms with Crippen LogP contribution in [0.3, 0.4) is 0 Å². The number of nitrogens with two attached hydrogens (primary N) is 1. The maximum atomic E-state index is 11.2. The average Bonchev–Trinajstić information content (AvgIpc) is 3.17. The molecule has 1 aliphatic rings. The minimum Gasteiger partial charge on any atom is -0.370 e. The molecule has 1 aliphatic heterocycles. The average molecular weight is 483 g/mol. The van der Waals surface area contributed by atoms with Crippen LogP contribution in [0.4, 0.5) is 0 Å². The van der Waals surface area contributed by atoms with Gasteiger partial charge in [-0.15, -0.1) is 24.0 Å². The number of halogens is 1. The van der Waals surface area contributed by atoms with Crippen molar-refractivity contribution in [3.63, 3.8) is 0 Å². The highest BCUT2D eigenvalue weighted by Crippen LogP contribution is 2.19. The molecule has 0 spiro atoms. The number of nitrogens with one attached hydrogen (secondary N) is 1. The Morgan fingerprint density at radius 3 is 2.93 bits per heavy atom. The molecule has 1 amide bonds. The molecule has 0 saturated carbocycles. The predicted molar refractivity (Wildman–Crippen MR) is 115 cm³/mol. The molecule has 2 aromatic heterocycles. The molecule has 0 bridgehead atoms. The third kappa shape index (κ3) is 5.91. The van der Waals surface area contributed by atoms with Gasteiger partial charge in [-0.3, -0.25) is 14.4 Å². The molecule has 3 heterocycles. The first kappa shape index (κ1) is 21.1. The lowest BCUT2D eigenvalue weighted by Gasteiger charge is -2.34. The van der Waals surface area contributed by atoms with Crippen molar-refractivity contribution in [3.05, 3.63) is 42.6 Å². The number of hydrogen-bond acceptors (Lipinski definition) is 4. The van der Waals surface area contributed by atoms with Gasteiger partial charge in [0.2, 0.25) is 5.91 Å². The largest absolute Gasteiger partial charge is 0.370 e. The van der Waals surface area contributed by atoms with Crippen molar-refractivity contribution in [2.45, 2.75) is 25.8 Å². The summed E-state index contributed by atoms with van der Waals surface area (Å²) in [5.74, 6) is 1.75. The highest BCUT2D eigenvalue weighted by Gasteiger charge is 2.23. The quantitative estimate of drug-likeness (QED) is 0.382. The van der Waals surface area contributed by atoms with E-state index in [1.54, 1.807) is 19.6 Å². The van der Waals surface area contributed by atoms with Crippen molar-refractivity contribution in [1.29, 1.82) is 0 Å². The predicted octanol–water partition coefficient (Wildman–Crippen LogP) is 1.55. The van der Waals surface area contributed by atoms with Gasteiger partial charge in [0.1, 0.15) is 12.1 Å². The standard InChI is InChI=1S/C18H25N7O.HI/c1-20-18(24-7-2-3-14(12-24)9-16(19)26)23-11-15-4-5-17(22-10-15)25-8-6-21-13-25;/h4-6,8,10,13-14H,2-3,7,9,11-12H2,1H3,(H2,19,26)(H,20,23);1H. The highest BCUT2D eigenvalue weighted by molar-refractivity contribution is 14.0. The van der Waals surface area contributed by atoms with E-state index in [1.165, 1.54) is 0 Å². The first-order valence-corrected chi connectivity index (χ1v) is 8.83. The van der Waals surface area contributed by atoms with Gasteiger partial charge in [0.25, 0.3) is 0 Å². The maximum absolute atomic E-state index is 11.2. The van der Waals surface area contributed by atoms with Crippen molar-refractivity contribution in [1.82, 2.24) is 24.8 Å². The summed E-state index contributed by atoms with van der Waals surface area (Å²) in [7, 11) is 1.78. The van der Waals surface area contributed by atoms with Gasteiger partial charge in [-0.2, -0.15) is 0 Å². The molecule has 1 fully saturated rings. The SMILES string of the molecule is CN=C(NCc1ccc(-n2ccnc2)nc1)N1CCCC(CC(N)=O)C1.I. The zero-order chi connectivity index (χ0) is 18.4. The first-order chi connectivity index (χ1) is 12.7. The van der Waals surface area contributed by atoms with Crippen LogP contribution in [-0.4, -0.2) is 51.4 Å².